The van der Waals surface area contributed by atoms with Gasteiger partial charge in [0.25, 0.3) is 0 Å². The fraction of sp³-hybridized carbons (Fsp3) is 0.400. The first-order valence-corrected chi connectivity index (χ1v) is 14.5. The van der Waals surface area contributed by atoms with Gasteiger partial charge in [-0.05, 0) is 52.1 Å². The number of hydrogen-bond acceptors (Lipinski definition) is 10. The van der Waals surface area contributed by atoms with E-state index in [0.29, 0.717) is 30.4 Å². The zero-order chi connectivity index (χ0) is 28.3. The molecule has 0 radical (unpaired) electrons. The van der Waals surface area contributed by atoms with Gasteiger partial charge >= 0.3 is 0 Å². The summed E-state index contributed by atoms with van der Waals surface area (Å²) in [5, 5.41) is 3.48. The molecule has 41 heavy (non-hydrogen) atoms. The lowest BCUT2D eigenvalue weighted by molar-refractivity contribution is 0.103. The van der Waals surface area contributed by atoms with E-state index >= 15 is 0 Å². The molecule has 0 aliphatic carbocycles. The van der Waals surface area contributed by atoms with E-state index in [-0.39, 0.29) is 65.6 Å². The van der Waals surface area contributed by atoms with Crippen LogP contribution in [-0.4, -0.2) is 79.2 Å². The van der Waals surface area contributed by atoms with Crippen LogP contribution >= 0.6 is 36.2 Å². The van der Waals surface area contributed by atoms with Gasteiger partial charge in [0.15, 0.2) is 5.13 Å². The Balaban J connectivity index is 0.00000294. The van der Waals surface area contributed by atoms with Crippen molar-refractivity contribution < 1.29 is 26.7 Å². The molecule has 0 amide bonds. The molecule has 1 atom stereocenters. The zero-order valence-corrected chi connectivity index (χ0v) is 25.8. The molecule has 0 saturated carbocycles. The Kier molecular flexibility index (Phi) is 12.2. The SMILES string of the molecule is CC(CN(C)C)Oc1ccc(S(=O)(=O)N2CCC(Nc3nc(N)c(C(=O)c4c(F)cccc4F)s3)CC2)cn1.Cl.Cl. The fourth-order valence-corrected chi connectivity index (χ4v) is 6.62. The molecule has 0 spiro atoms. The lowest BCUT2D eigenvalue weighted by Gasteiger charge is -2.31. The predicted molar refractivity (Wildman–Crippen MR) is 159 cm³/mol. The van der Waals surface area contributed by atoms with Crippen molar-refractivity contribution in [3.63, 3.8) is 0 Å². The highest BCUT2D eigenvalue weighted by Crippen LogP contribution is 2.31. The quantitative estimate of drug-likeness (QED) is 0.311. The molecular weight excluding hydrogens is 621 g/mol. The van der Waals surface area contributed by atoms with Crippen LogP contribution in [0.25, 0.3) is 0 Å². The molecule has 1 aliphatic heterocycles. The molecule has 1 aliphatic rings. The number of aromatic nitrogens is 2. The molecule has 1 fully saturated rings. The minimum Gasteiger partial charge on any atom is -0.473 e. The largest absolute Gasteiger partial charge is 0.473 e. The Bertz CT molecular complexity index is 1420. The lowest BCUT2D eigenvalue weighted by atomic mass is 10.1. The number of carbonyl (C=O) groups is 1. The van der Waals surface area contributed by atoms with Crippen LogP contribution in [0.2, 0.25) is 0 Å². The Hall–Kier alpha value is -2.62. The van der Waals surface area contributed by atoms with Crippen molar-refractivity contribution in [2.24, 2.45) is 0 Å². The minimum atomic E-state index is -3.74. The number of ketones is 1. The van der Waals surface area contributed by atoms with Gasteiger partial charge in [-0.25, -0.2) is 27.2 Å². The standard InChI is InChI=1S/C25H30F2N6O4S2.2ClH/c1-15(14-32(2)3)37-20-8-7-17(13-29-20)39(35,36)33-11-9-16(10-12-33)30-25-31-24(28)23(38-25)22(34)21-18(26)5-4-6-19(21)27;;/h4-8,13,15-16H,9-12,14,28H2,1-3H3,(H,30,31);2*1H. The fourth-order valence-electron chi connectivity index (χ4n) is 4.30. The van der Waals surface area contributed by atoms with Crippen LogP contribution < -0.4 is 15.8 Å². The van der Waals surface area contributed by atoms with Crippen molar-refractivity contribution >= 4 is 62.9 Å². The van der Waals surface area contributed by atoms with Crippen LogP contribution in [0.3, 0.4) is 0 Å². The third kappa shape index (κ3) is 8.23. The number of thiazole rings is 1. The Morgan fingerprint density at radius 3 is 2.39 bits per heavy atom. The number of hydrogen-bond donors (Lipinski definition) is 2. The summed E-state index contributed by atoms with van der Waals surface area (Å²) in [4.78, 5) is 23.0. The van der Waals surface area contributed by atoms with Gasteiger partial charge in [0.2, 0.25) is 21.7 Å². The first-order chi connectivity index (χ1) is 18.5. The number of nitrogens with zero attached hydrogens (tertiary/aromatic N) is 4. The minimum absolute atomic E-state index is 0. The topological polar surface area (TPSA) is 131 Å². The second-order valence-corrected chi connectivity index (χ2v) is 12.4. The van der Waals surface area contributed by atoms with Crippen molar-refractivity contribution in [1.82, 2.24) is 19.2 Å². The average molecular weight is 654 g/mol. The van der Waals surface area contributed by atoms with E-state index in [1.807, 2.05) is 25.9 Å². The van der Waals surface area contributed by atoms with E-state index in [1.54, 1.807) is 6.07 Å². The molecule has 1 aromatic carbocycles. The number of ether oxygens (including phenoxy) is 1. The first kappa shape index (κ1) is 34.6. The van der Waals surface area contributed by atoms with Crippen molar-refractivity contribution in [2.45, 2.75) is 36.8 Å². The van der Waals surface area contributed by atoms with Gasteiger partial charge in [-0.3, -0.25) is 4.79 Å². The molecule has 10 nitrogen and oxygen atoms in total. The third-order valence-corrected chi connectivity index (χ3v) is 9.01. The number of benzene rings is 1. The number of likely N-dealkylation sites (N-methyl/N-ethyl adjacent to an activating group) is 1. The van der Waals surface area contributed by atoms with Crippen molar-refractivity contribution in [2.75, 3.05) is 44.8 Å². The number of halogens is 4. The van der Waals surface area contributed by atoms with Crippen LogP contribution in [0.4, 0.5) is 19.7 Å². The summed E-state index contributed by atoms with van der Waals surface area (Å²) in [6, 6.07) is 6.07. The smallest absolute Gasteiger partial charge is 0.244 e. The summed E-state index contributed by atoms with van der Waals surface area (Å²) < 4.78 is 61.5. The van der Waals surface area contributed by atoms with Crippen LogP contribution in [0.1, 0.15) is 35.0 Å². The van der Waals surface area contributed by atoms with Gasteiger partial charge in [0.05, 0.1) is 11.8 Å². The number of nitrogen functional groups attached to an aromatic ring is 1. The zero-order valence-electron chi connectivity index (χ0n) is 22.5. The van der Waals surface area contributed by atoms with E-state index in [0.717, 1.165) is 23.5 Å². The molecule has 4 rings (SSSR count). The number of piperidine rings is 1. The van der Waals surface area contributed by atoms with E-state index < -0.39 is 33.0 Å². The summed E-state index contributed by atoms with van der Waals surface area (Å²) in [6.07, 6.45) is 2.14. The normalized spacial score (nSPS) is 15.1. The van der Waals surface area contributed by atoms with E-state index in [1.165, 1.54) is 22.6 Å². The van der Waals surface area contributed by atoms with Gasteiger partial charge in [0, 0.05) is 31.7 Å². The summed E-state index contributed by atoms with van der Waals surface area (Å²) in [7, 11) is 0.122. The monoisotopic (exact) mass is 652 g/mol. The van der Waals surface area contributed by atoms with Gasteiger partial charge in [0.1, 0.15) is 33.3 Å². The lowest BCUT2D eigenvalue weighted by Crippen LogP contribution is -2.42. The number of carbonyl (C=O) groups excluding carboxylic acids is 1. The van der Waals surface area contributed by atoms with Gasteiger partial charge in [-0.1, -0.05) is 17.4 Å². The summed E-state index contributed by atoms with van der Waals surface area (Å²) in [5.74, 6) is -2.62. The number of sulfonamides is 1. The molecule has 3 heterocycles. The molecule has 3 N–H and O–H groups in total. The number of nitrogens with one attached hydrogen (secondary N) is 1. The highest BCUT2D eigenvalue weighted by Gasteiger charge is 2.31. The van der Waals surface area contributed by atoms with Crippen molar-refractivity contribution in [1.29, 1.82) is 0 Å². The molecule has 0 bridgehead atoms. The van der Waals surface area contributed by atoms with Crippen LogP contribution in [-0.2, 0) is 10.0 Å². The number of rotatable bonds is 10. The second-order valence-electron chi connectivity index (χ2n) is 9.50. The van der Waals surface area contributed by atoms with E-state index in [4.69, 9.17) is 10.5 Å². The maximum atomic E-state index is 14.1. The maximum Gasteiger partial charge on any atom is 0.244 e. The molecule has 16 heteroatoms. The number of pyridine rings is 1. The van der Waals surface area contributed by atoms with Crippen molar-refractivity contribution in [3.8, 4) is 5.88 Å². The van der Waals surface area contributed by atoms with Gasteiger partial charge in [-0.2, -0.15) is 4.31 Å². The van der Waals surface area contributed by atoms with Crippen molar-refractivity contribution in [3.05, 3.63) is 58.6 Å². The van der Waals surface area contributed by atoms with Gasteiger partial charge in [-0.15, -0.1) is 24.8 Å². The van der Waals surface area contributed by atoms with Crippen LogP contribution in [0.5, 0.6) is 5.88 Å². The summed E-state index contributed by atoms with van der Waals surface area (Å²) in [6.45, 7) is 3.11. The van der Waals surface area contributed by atoms with Crippen LogP contribution in [0, 0.1) is 11.6 Å². The number of anilines is 2. The van der Waals surface area contributed by atoms with Crippen LogP contribution in [0.15, 0.2) is 41.4 Å². The maximum absolute atomic E-state index is 14.1. The first-order valence-electron chi connectivity index (χ1n) is 12.2. The Labute approximate surface area is 254 Å². The molecule has 3 aromatic rings. The Morgan fingerprint density at radius 1 is 1.20 bits per heavy atom. The summed E-state index contributed by atoms with van der Waals surface area (Å²) >= 11 is 0.900. The summed E-state index contributed by atoms with van der Waals surface area (Å²) in [5.41, 5.74) is 5.19. The Morgan fingerprint density at radius 2 is 1.83 bits per heavy atom. The van der Waals surface area contributed by atoms with Gasteiger partial charge < -0.3 is 20.7 Å². The molecular formula is C25H32Cl2F2N6O4S2. The molecule has 2 aromatic heterocycles. The average Bonchev–Trinajstić information content (AvgIpc) is 3.23. The second kappa shape index (κ2) is 14.5. The number of nitrogens with two attached hydrogens (primary N) is 1. The predicted octanol–water partition coefficient (Wildman–Crippen LogP) is 4.07. The molecule has 1 unspecified atom stereocenters. The molecule has 1 saturated heterocycles. The highest BCUT2D eigenvalue weighted by molar-refractivity contribution is 7.89. The highest BCUT2D eigenvalue weighted by atomic mass is 35.5. The molecule has 226 valence electrons. The van der Waals surface area contributed by atoms with E-state index in [2.05, 4.69) is 15.3 Å². The third-order valence-electron chi connectivity index (χ3n) is 6.12. The van der Waals surface area contributed by atoms with E-state index in [9.17, 15) is 22.0 Å².